The third kappa shape index (κ3) is 1.07. The lowest BCUT2D eigenvalue weighted by Crippen LogP contribution is -2.01. The molecule has 0 radical (unpaired) electrons. The number of H-pyrrole nitrogens is 1. The monoisotopic (exact) mass is 185 g/mol. The number of nitrogens with one attached hydrogen (secondary N) is 1. The lowest BCUT2D eigenvalue weighted by Gasteiger charge is -2.03. The van der Waals surface area contributed by atoms with Crippen molar-refractivity contribution in [1.82, 2.24) is 4.98 Å². The fourth-order valence-corrected chi connectivity index (χ4v) is 1.96. The first-order chi connectivity index (χ1) is 6.86. The summed E-state index contributed by atoms with van der Waals surface area (Å²) in [5.41, 5.74) is 2.45. The number of hydrogen-bond acceptors (Lipinski definition) is 1. The molecule has 1 fully saturated rings. The van der Waals surface area contributed by atoms with Crippen LogP contribution in [0.2, 0.25) is 0 Å². The van der Waals surface area contributed by atoms with Gasteiger partial charge in [-0.25, -0.2) is 0 Å². The minimum absolute atomic E-state index is 0.112. The van der Waals surface area contributed by atoms with Crippen molar-refractivity contribution < 1.29 is 0 Å². The molecule has 0 aliphatic heterocycles. The molecule has 1 aromatic carbocycles. The zero-order chi connectivity index (χ0) is 9.54. The molecule has 1 aliphatic carbocycles. The van der Waals surface area contributed by atoms with E-state index in [-0.39, 0.29) is 5.43 Å². The van der Waals surface area contributed by atoms with Crippen LogP contribution in [-0.2, 0) is 0 Å². The maximum Gasteiger partial charge on any atom is 0.189 e. The van der Waals surface area contributed by atoms with Crippen molar-refractivity contribution in [2.75, 3.05) is 0 Å². The van der Waals surface area contributed by atoms with Gasteiger partial charge in [0, 0.05) is 17.6 Å². The highest BCUT2D eigenvalue weighted by Crippen LogP contribution is 2.41. The molecule has 14 heavy (non-hydrogen) atoms. The largest absolute Gasteiger partial charge is 0.361 e. The molecule has 1 heterocycles. The Morgan fingerprint density at radius 1 is 1.21 bits per heavy atom. The Labute approximate surface area is 81.6 Å². The Morgan fingerprint density at radius 2 is 2.07 bits per heavy atom. The van der Waals surface area contributed by atoms with Crippen molar-refractivity contribution in [3.8, 4) is 0 Å². The number of pyridine rings is 1. The molecule has 0 bridgehead atoms. The summed E-state index contributed by atoms with van der Waals surface area (Å²) in [5.74, 6) is 0.678. The van der Waals surface area contributed by atoms with Gasteiger partial charge in [0.25, 0.3) is 0 Å². The molecular formula is C12H11NO. The molecule has 1 aliphatic rings. The average molecular weight is 185 g/mol. The summed E-state index contributed by atoms with van der Waals surface area (Å²) in [6.45, 7) is 0. The molecule has 0 spiro atoms. The molecule has 2 aromatic rings. The number of fused-ring (bicyclic) bond motifs is 1. The Hall–Kier alpha value is -1.57. The van der Waals surface area contributed by atoms with Gasteiger partial charge in [-0.15, -0.1) is 0 Å². The van der Waals surface area contributed by atoms with E-state index < -0.39 is 0 Å². The van der Waals surface area contributed by atoms with Gasteiger partial charge in [0.05, 0.1) is 5.52 Å². The molecule has 0 unspecified atom stereocenters. The Kier molecular flexibility index (Phi) is 1.51. The number of rotatable bonds is 1. The summed E-state index contributed by atoms with van der Waals surface area (Å²) >= 11 is 0. The smallest absolute Gasteiger partial charge is 0.189 e. The van der Waals surface area contributed by atoms with E-state index in [1.165, 1.54) is 18.4 Å². The number of hydrogen-bond donors (Lipinski definition) is 1. The topological polar surface area (TPSA) is 32.9 Å². The highest BCUT2D eigenvalue weighted by atomic mass is 16.1. The van der Waals surface area contributed by atoms with Gasteiger partial charge >= 0.3 is 0 Å². The fourth-order valence-electron chi connectivity index (χ4n) is 1.96. The van der Waals surface area contributed by atoms with E-state index in [4.69, 9.17) is 0 Å². The van der Waals surface area contributed by atoms with Crippen LogP contribution in [0.15, 0.2) is 35.3 Å². The quantitative estimate of drug-likeness (QED) is 0.727. The van der Waals surface area contributed by atoms with Gasteiger partial charge in [0.2, 0.25) is 0 Å². The van der Waals surface area contributed by atoms with Crippen LogP contribution in [0.4, 0.5) is 0 Å². The van der Waals surface area contributed by atoms with Crippen molar-refractivity contribution in [2.45, 2.75) is 18.8 Å². The average Bonchev–Trinajstić information content (AvgIpc) is 3.01. The van der Waals surface area contributed by atoms with Crippen LogP contribution < -0.4 is 5.43 Å². The minimum Gasteiger partial charge on any atom is -0.361 e. The van der Waals surface area contributed by atoms with E-state index in [2.05, 4.69) is 11.1 Å². The van der Waals surface area contributed by atoms with Crippen molar-refractivity contribution in [1.29, 1.82) is 0 Å². The lowest BCUT2D eigenvalue weighted by atomic mass is 10.1. The number of benzene rings is 1. The first kappa shape index (κ1) is 7.80. The van der Waals surface area contributed by atoms with E-state index in [1.807, 2.05) is 12.1 Å². The van der Waals surface area contributed by atoms with Crippen molar-refractivity contribution >= 4 is 10.9 Å². The van der Waals surface area contributed by atoms with Gasteiger partial charge in [0.15, 0.2) is 5.43 Å². The Balaban J connectivity index is 2.41. The van der Waals surface area contributed by atoms with Crippen LogP contribution in [0.1, 0.15) is 24.3 Å². The number of aromatic amines is 1. The highest BCUT2D eigenvalue weighted by Gasteiger charge is 2.25. The maximum atomic E-state index is 11.6. The van der Waals surface area contributed by atoms with Crippen LogP contribution >= 0.6 is 0 Å². The summed E-state index contributed by atoms with van der Waals surface area (Å²) in [5, 5.41) is 0.817. The highest BCUT2D eigenvalue weighted by molar-refractivity contribution is 5.82. The SMILES string of the molecule is O=c1cc[nH]c2c(C3CC3)cccc12. The first-order valence-corrected chi connectivity index (χ1v) is 4.96. The van der Waals surface area contributed by atoms with Crippen LogP contribution in [0.25, 0.3) is 10.9 Å². The van der Waals surface area contributed by atoms with Gasteiger partial charge in [-0.1, -0.05) is 12.1 Å². The molecule has 1 N–H and O–H groups in total. The van der Waals surface area contributed by atoms with E-state index in [0.717, 1.165) is 10.9 Å². The maximum absolute atomic E-state index is 11.6. The minimum atomic E-state index is 0.112. The summed E-state index contributed by atoms with van der Waals surface area (Å²) in [7, 11) is 0. The molecule has 0 atom stereocenters. The van der Waals surface area contributed by atoms with Crippen LogP contribution in [0.3, 0.4) is 0 Å². The predicted molar refractivity (Wildman–Crippen MR) is 56.5 cm³/mol. The third-order valence-electron chi connectivity index (χ3n) is 2.84. The van der Waals surface area contributed by atoms with Crippen molar-refractivity contribution in [2.24, 2.45) is 0 Å². The standard InChI is InChI=1S/C12H11NO/c14-11-6-7-13-12-9(8-4-5-8)2-1-3-10(11)12/h1-3,6-8H,4-5H2,(H,13,14). The zero-order valence-electron chi connectivity index (χ0n) is 7.79. The molecule has 1 aromatic heterocycles. The van der Waals surface area contributed by atoms with E-state index in [1.54, 1.807) is 12.3 Å². The summed E-state index contributed by atoms with van der Waals surface area (Å²) in [6.07, 6.45) is 4.25. The summed E-state index contributed by atoms with van der Waals surface area (Å²) < 4.78 is 0. The predicted octanol–water partition coefficient (Wildman–Crippen LogP) is 2.41. The van der Waals surface area contributed by atoms with Gasteiger partial charge in [-0.05, 0) is 30.4 Å². The molecule has 2 nitrogen and oxygen atoms in total. The second-order valence-electron chi connectivity index (χ2n) is 3.89. The molecule has 2 heteroatoms. The lowest BCUT2D eigenvalue weighted by molar-refractivity contribution is 1.13. The molecular weight excluding hydrogens is 174 g/mol. The molecule has 0 amide bonds. The van der Waals surface area contributed by atoms with Crippen LogP contribution in [-0.4, -0.2) is 4.98 Å². The summed E-state index contributed by atoms with van der Waals surface area (Å²) in [4.78, 5) is 14.7. The third-order valence-corrected chi connectivity index (χ3v) is 2.84. The van der Waals surface area contributed by atoms with Crippen LogP contribution in [0.5, 0.6) is 0 Å². The Bertz CT molecular complexity index is 537. The second kappa shape index (κ2) is 2.71. The molecule has 70 valence electrons. The number of para-hydroxylation sites is 1. The number of aromatic nitrogens is 1. The van der Waals surface area contributed by atoms with Crippen molar-refractivity contribution in [3.63, 3.8) is 0 Å². The van der Waals surface area contributed by atoms with Crippen molar-refractivity contribution in [3.05, 3.63) is 46.2 Å². The summed E-state index contributed by atoms with van der Waals surface area (Å²) in [6, 6.07) is 7.57. The van der Waals surface area contributed by atoms with Crippen LogP contribution in [0, 0.1) is 0 Å². The fraction of sp³-hybridized carbons (Fsp3) is 0.250. The first-order valence-electron chi connectivity index (χ1n) is 4.96. The van der Waals surface area contributed by atoms with E-state index in [9.17, 15) is 4.79 Å². The molecule has 0 saturated heterocycles. The van der Waals surface area contributed by atoms with Gasteiger partial charge in [-0.3, -0.25) is 4.79 Å². The second-order valence-corrected chi connectivity index (χ2v) is 3.89. The van der Waals surface area contributed by atoms with Gasteiger partial charge < -0.3 is 4.98 Å². The van der Waals surface area contributed by atoms with E-state index >= 15 is 0 Å². The van der Waals surface area contributed by atoms with E-state index in [0.29, 0.717) is 5.92 Å². The van der Waals surface area contributed by atoms with Gasteiger partial charge in [-0.2, -0.15) is 0 Å². The Morgan fingerprint density at radius 3 is 2.86 bits per heavy atom. The van der Waals surface area contributed by atoms with Gasteiger partial charge in [0.1, 0.15) is 0 Å². The normalized spacial score (nSPS) is 16.0. The molecule has 3 rings (SSSR count). The molecule has 1 saturated carbocycles. The zero-order valence-corrected chi connectivity index (χ0v) is 7.79.